The molecule has 2 aliphatic rings. The van der Waals surface area contributed by atoms with Crippen molar-refractivity contribution in [2.75, 3.05) is 44.7 Å². The summed E-state index contributed by atoms with van der Waals surface area (Å²) in [5.74, 6) is 0.633. The fraction of sp³-hybridized carbons (Fsp3) is 0.500. The van der Waals surface area contributed by atoms with Crippen LogP contribution < -0.4 is 4.90 Å². The van der Waals surface area contributed by atoms with E-state index in [1.165, 1.54) is 12.1 Å². The Morgan fingerprint density at radius 2 is 1.84 bits per heavy atom. The number of rotatable bonds is 6. The smallest absolute Gasteiger partial charge is 0.257 e. The van der Waals surface area contributed by atoms with Crippen molar-refractivity contribution < 1.29 is 14.0 Å². The van der Waals surface area contributed by atoms with Crippen molar-refractivity contribution in [3.63, 3.8) is 0 Å². The fourth-order valence-corrected chi connectivity index (χ4v) is 4.43. The molecule has 2 amide bonds. The summed E-state index contributed by atoms with van der Waals surface area (Å²) in [5.41, 5.74) is 2.16. The van der Waals surface area contributed by atoms with Gasteiger partial charge in [0, 0.05) is 64.0 Å². The Balaban J connectivity index is 1.31. The van der Waals surface area contributed by atoms with Crippen LogP contribution in [0.25, 0.3) is 0 Å². The molecule has 0 unspecified atom stereocenters. The van der Waals surface area contributed by atoms with Gasteiger partial charge >= 0.3 is 0 Å². The van der Waals surface area contributed by atoms with Crippen LogP contribution in [0.5, 0.6) is 0 Å². The number of hydrogen-bond acceptors (Lipinski definition) is 5. The number of anilines is 1. The molecule has 2 aliphatic heterocycles. The zero-order chi connectivity index (χ0) is 22.7. The Bertz CT molecular complexity index is 975. The number of benzene rings is 1. The topological polar surface area (TPSA) is 69.6 Å². The zero-order valence-corrected chi connectivity index (χ0v) is 18.8. The molecule has 7 nitrogen and oxygen atoms in total. The predicted octanol–water partition coefficient (Wildman–Crippen LogP) is 3.00. The lowest BCUT2D eigenvalue weighted by molar-refractivity contribution is -0.129. The van der Waals surface area contributed by atoms with E-state index in [9.17, 15) is 14.0 Å². The molecule has 32 heavy (non-hydrogen) atoms. The standard InChI is InChI=1S/C24H30FN5O2/c1-17-21(24(32)29-11-3-4-12-29)15-26-23(27-17)18-9-14-30(16-18)22(31)10-13-28(2)20-7-5-19(25)6-8-20/h5-8,15,18H,3-4,9-14,16H2,1-2H3/t18-/m0/s1. The second kappa shape index (κ2) is 9.63. The van der Waals surface area contributed by atoms with Crippen LogP contribution in [0.4, 0.5) is 10.1 Å². The third-order valence-electron chi connectivity index (χ3n) is 6.46. The number of amides is 2. The van der Waals surface area contributed by atoms with E-state index in [0.29, 0.717) is 43.1 Å². The Labute approximate surface area is 188 Å². The summed E-state index contributed by atoms with van der Waals surface area (Å²) in [4.78, 5) is 40.2. The molecule has 0 bridgehead atoms. The Kier molecular flexibility index (Phi) is 6.67. The van der Waals surface area contributed by atoms with Gasteiger partial charge in [-0.3, -0.25) is 9.59 Å². The first kappa shape index (κ1) is 22.2. The van der Waals surface area contributed by atoms with Gasteiger partial charge in [-0.15, -0.1) is 0 Å². The van der Waals surface area contributed by atoms with Crippen molar-refractivity contribution >= 4 is 17.5 Å². The predicted molar refractivity (Wildman–Crippen MR) is 120 cm³/mol. The first-order valence-corrected chi connectivity index (χ1v) is 11.3. The lowest BCUT2D eigenvalue weighted by Gasteiger charge is -2.22. The molecule has 1 aromatic heterocycles. The molecule has 0 radical (unpaired) electrons. The van der Waals surface area contributed by atoms with E-state index in [0.717, 1.165) is 38.0 Å². The van der Waals surface area contributed by atoms with E-state index in [4.69, 9.17) is 0 Å². The van der Waals surface area contributed by atoms with Gasteiger partial charge in [-0.2, -0.15) is 0 Å². The van der Waals surface area contributed by atoms with Crippen molar-refractivity contribution in [1.82, 2.24) is 19.8 Å². The Morgan fingerprint density at radius 1 is 1.12 bits per heavy atom. The summed E-state index contributed by atoms with van der Waals surface area (Å²) in [6.07, 6.45) is 4.97. The van der Waals surface area contributed by atoms with Crippen molar-refractivity contribution in [2.45, 2.75) is 38.5 Å². The molecular formula is C24H30FN5O2. The van der Waals surface area contributed by atoms with Gasteiger partial charge in [-0.25, -0.2) is 14.4 Å². The molecule has 2 aromatic rings. The van der Waals surface area contributed by atoms with Crippen LogP contribution in [0.3, 0.4) is 0 Å². The van der Waals surface area contributed by atoms with Crippen LogP contribution in [0.15, 0.2) is 30.5 Å². The second-order valence-electron chi connectivity index (χ2n) is 8.70. The minimum Gasteiger partial charge on any atom is -0.374 e. The molecule has 2 fully saturated rings. The summed E-state index contributed by atoms with van der Waals surface area (Å²) in [7, 11) is 1.90. The number of hydrogen-bond donors (Lipinski definition) is 0. The number of aromatic nitrogens is 2. The molecular weight excluding hydrogens is 409 g/mol. The van der Waals surface area contributed by atoms with Crippen LogP contribution in [0.1, 0.15) is 53.5 Å². The van der Waals surface area contributed by atoms with Gasteiger partial charge in [-0.05, 0) is 50.5 Å². The average Bonchev–Trinajstić information content (AvgIpc) is 3.50. The van der Waals surface area contributed by atoms with E-state index >= 15 is 0 Å². The molecule has 0 N–H and O–H groups in total. The highest BCUT2D eigenvalue weighted by Gasteiger charge is 2.30. The first-order valence-electron chi connectivity index (χ1n) is 11.3. The molecule has 3 heterocycles. The molecule has 2 saturated heterocycles. The Hall–Kier alpha value is -3.03. The second-order valence-corrected chi connectivity index (χ2v) is 8.70. The van der Waals surface area contributed by atoms with E-state index in [1.54, 1.807) is 18.3 Å². The highest BCUT2D eigenvalue weighted by Crippen LogP contribution is 2.26. The number of likely N-dealkylation sites (tertiary alicyclic amines) is 2. The van der Waals surface area contributed by atoms with E-state index < -0.39 is 0 Å². The molecule has 0 aliphatic carbocycles. The summed E-state index contributed by atoms with van der Waals surface area (Å²) >= 11 is 0. The normalized spacial score (nSPS) is 18.3. The van der Waals surface area contributed by atoms with Crippen LogP contribution in [-0.2, 0) is 4.79 Å². The van der Waals surface area contributed by atoms with Crippen LogP contribution in [0.2, 0.25) is 0 Å². The van der Waals surface area contributed by atoms with Crippen molar-refractivity contribution in [3.8, 4) is 0 Å². The SMILES string of the molecule is Cc1nc([C@H]2CCN(C(=O)CCN(C)c3ccc(F)cc3)C2)ncc1C(=O)N1CCCC1. The molecule has 0 saturated carbocycles. The van der Waals surface area contributed by atoms with Gasteiger partial charge in [-0.1, -0.05) is 0 Å². The maximum Gasteiger partial charge on any atom is 0.257 e. The molecule has 1 aromatic carbocycles. The number of carbonyl (C=O) groups excluding carboxylic acids is 2. The third-order valence-corrected chi connectivity index (χ3v) is 6.46. The number of nitrogens with zero attached hydrogens (tertiary/aromatic N) is 5. The lowest BCUT2D eigenvalue weighted by atomic mass is 10.1. The maximum absolute atomic E-state index is 13.1. The van der Waals surface area contributed by atoms with Crippen molar-refractivity contribution in [1.29, 1.82) is 0 Å². The van der Waals surface area contributed by atoms with Crippen LogP contribution >= 0.6 is 0 Å². The van der Waals surface area contributed by atoms with Crippen LogP contribution in [-0.4, -0.2) is 71.4 Å². The highest BCUT2D eigenvalue weighted by atomic mass is 19.1. The summed E-state index contributed by atoms with van der Waals surface area (Å²) in [5, 5.41) is 0. The minimum absolute atomic E-state index is 0.0139. The Morgan fingerprint density at radius 3 is 2.53 bits per heavy atom. The fourth-order valence-electron chi connectivity index (χ4n) is 4.43. The summed E-state index contributed by atoms with van der Waals surface area (Å²) in [6, 6.07) is 6.27. The van der Waals surface area contributed by atoms with E-state index in [2.05, 4.69) is 9.97 Å². The number of halogens is 1. The number of aryl methyl sites for hydroxylation is 1. The number of carbonyl (C=O) groups is 2. The summed E-state index contributed by atoms with van der Waals surface area (Å²) in [6.45, 7) is 5.30. The van der Waals surface area contributed by atoms with Gasteiger partial charge in [0.15, 0.2) is 0 Å². The largest absolute Gasteiger partial charge is 0.374 e. The first-order chi connectivity index (χ1) is 15.4. The quantitative estimate of drug-likeness (QED) is 0.692. The monoisotopic (exact) mass is 439 g/mol. The van der Waals surface area contributed by atoms with Gasteiger partial charge in [0.05, 0.1) is 11.3 Å². The molecule has 8 heteroatoms. The maximum atomic E-state index is 13.1. The molecule has 170 valence electrons. The van der Waals surface area contributed by atoms with E-state index in [-0.39, 0.29) is 23.5 Å². The van der Waals surface area contributed by atoms with Gasteiger partial charge < -0.3 is 14.7 Å². The van der Waals surface area contributed by atoms with Crippen LogP contribution in [0, 0.1) is 12.7 Å². The van der Waals surface area contributed by atoms with Crippen molar-refractivity contribution in [2.24, 2.45) is 0 Å². The molecule has 0 spiro atoms. The lowest BCUT2D eigenvalue weighted by Crippen LogP contribution is -2.32. The average molecular weight is 440 g/mol. The van der Waals surface area contributed by atoms with Gasteiger partial charge in [0.25, 0.3) is 5.91 Å². The van der Waals surface area contributed by atoms with Crippen molar-refractivity contribution in [3.05, 3.63) is 53.4 Å². The highest BCUT2D eigenvalue weighted by molar-refractivity contribution is 5.95. The zero-order valence-electron chi connectivity index (χ0n) is 18.8. The molecule has 4 rings (SSSR count). The van der Waals surface area contributed by atoms with Gasteiger partial charge in [0.2, 0.25) is 5.91 Å². The van der Waals surface area contributed by atoms with E-state index in [1.807, 2.05) is 28.7 Å². The minimum atomic E-state index is -0.271. The summed E-state index contributed by atoms with van der Waals surface area (Å²) < 4.78 is 13.1. The van der Waals surface area contributed by atoms with Gasteiger partial charge in [0.1, 0.15) is 11.6 Å². The third kappa shape index (κ3) is 4.89. The molecule has 1 atom stereocenters.